The molecule has 0 spiro atoms. The SMILES string of the molecule is O[B]c1ccc([B]O)cc1. The molecule has 0 aromatic heterocycles. The fourth-order valence-corrected chi connectivity index (χ4v) is 0.668. The van der Waals surface area contributed by atoms with E-state index in [-0.39, 0.29) is 0 Å². The van der Waals surface area contributed by atoms with Gasteiger partial charge < -0.3 is 10.0 Å². The van der Waals surface area contributed by atoms with Gasteiger partial charge in [0.2, 0.25) is 0 Å². The highest BCUT2D eigenvalue weighted by Gasteiger charge is 1.93. The van der Waals surface area contributed by atoms with E-state index in [1.54, 1.807) is 24.3 Å². The summed E-state index contributed by atoms with van der Waals surface area (Å²) in [5, 5.41) is 17.0. The molecule has 0 amide bonds. The van der Waals surface area contributed by atoms with Gasteiger partial charge in [0.1, 0.15) is 0 Å². The molecule has 0 fully saturated rings. The number of rotatable bonds is 2. The van der Waals surface area contributed by atoms with Crippen molar-refractivity contribution in [3.05, 3.63) is 24.3 Å². The van der Waals surface area contributed by atoms with Gasteiger partial charge in [-0.25, -0.2) is 0 Å². The van der Waals surface area contributed by atoms with E-state index in [0.29, 0.717) is 0 Å². The van der Waals surface area contributed by atoms with Crippen LogP contribution in [0.2, 0.25) is 0 Å². The van der Waals surface area contributed by atoms with Crippen LogP contribution in [0, 0.1) is 0 Å². The lowest BCUT2D eigenvalue weighted by Crippen LogP contribution is -2.19. The Hall–Kier alpha value is -0.730. The lowest BCUT2D eigenvalue weighted by atomic mass is 9.83. The molecule has 0 aliphatic rings. The van der Waals surface area contributed by atoms with Gasteiger partial charge in [-0.05, 0) is 0 Å². The van der Waals surface area contributed by atoms with Crippen LogP contribution in [-0.4, -0.2) is 25.0 Å². The Morgan fingerprint density at radius 1 is 0.800 bits per heavy atom. The van der Waals surface area contributed by atoms with E-state index >= 15 is 0 Å². The van der Waals surface area contributed by atoms with E-state index < -0.39 is 0 Å². The molecule has 1 aromatic carbocycles. The largest absolute Gasteiger partial charge is 0.450 e. The fourth-order valence-electron chi connectivity index (χ4n) is 0.668. The van der Waals surface area contributed by atoms with Crippen LogP contribution in [-0.2, 0) is 0 Å². The molecular formula is C6H6B2O2. The molecule has 2 radical (unpaired) electrons. The molecule has 1 rings (SSSR count). The summed E-state index contributed by atoms with van der Waals surface area (Å²) < 4.78 is 0. The Morgan fingerprint density at radius 2 is 1.10 bits per heavy atom. The number of benzene rings is 1. The van der Waals surface area contributed by atoms with E-state index in [1.165, 1.54) is 0 Å². The van der Waals surface area contributed by atoms with Gasteiger partial charge >= 0.3 is 15.0 Å². The van der Waals surface area contributed by atoms with Gasteiger partial charge in [-0.3, -0.25) is 0 Å². The van der Waals surface area contributed by atoms with Gasteiger partial charge in [-0.15, -0.1) is 0 Å². The average Bonchev–Trinajstić information content (AvgIpc) is 2.05. The van der Waals surface area contributed by atoms with E-state index in [9.17, 15) is 0 Å². The summed E-state index contributed by atoms with van der Waals surface area (Å²) in [5.74, 6) is 0. The van der Waals surface area contributed by atoms with Crippen LogP contribution in [0.25, 0.3) is 0 Å². The van der Waals surface area contributed by atoms with E-state index in [0.717, 1.165) is 25.9 Å². The van der Waals surface area contributed by atoms with Gasteiger partial charge in [0.25, 0.3) is 0 Å². The molecule has 0 heterocycles. The zero-order valence-electron chi connectivity index (χ0n) is 5.36. The van der Waals surface area contributed by atoms with Crippen LogP contribution >= 0.6 is 0 Å². The van der Waals surface area contributed by atoms with Crippen molar-refractivity contribution in [3.63, 3.8) is 0 Å². The van der Waals surface area contributed by atoms with Crippen LogP contribution in [0.3, 0.4) is 0 Å². The molecule has 2 nitrogen and oxygen atoms in total. The maximum absolute atomic E-state index is 8.50. The third kappa shape index (κ3) is 1.62. The molecule has 10 heavy (non-hydrogen) atoms. The summed E-state index contributed by atoms with van der Waals surface area (Å²) >= 11 is 0. The summed E-state index contributed by atoms with van der Waals surface area (Å²) in [6.45, 7) is 0. The Kier molecular flexibility index (Phi) is 2.54. The standard InChI is InChI=1S/C6H6B2O2/c9-7-5-1-2-6(8-10)4-3-5/h1-4,9-10H. The molecule has 0 aliphatic heterocycles. The monoisotopic (exact) mass is 132 g/mol. The maximum Gasteiger partial charge on any atom is 0.326 e. The highest BCUT2D eigenvalue weighted by molar-refractivity contribution is 6.48. The van der Waals surface area contributed by atoms with E-state index in [1.807, 2.05) is 0 Å². The van der Waals surface area contributed by atoms with Crippen molar-refractivity contribution >= 4 is 25.9 Å². The average molecular weight is 132 g/mol. The molecule has 4 heteroatoms. The first-order valence-electron chi connectivity index (χ1n) is 2.92. The summed E-state index contributed by atoms with van der Waals surface area (Å²) in [4.78, 5) is 0. The van der Waals surface area contributed by atoms with Crippen molar-refractivity contribution in [2.75, 3.05) is 0 Å². The smallest absolute Gasteiger partial charge is 0.326 e. The molecule has 2 N–H and O–H groups in total. The second-order valence-electron chi connectivity index (χ2n) is 1.92. The van der Waals surface area contributed by atoms with Crippen molar-refractivity contribution in [1.29, 1.82) is 0 Å². The minimum absolute atomic E-state index is 0.727. The van der Waals surface area contributed by atoms with E-state index in [4.69, 9.17) is 10.0 Å². The van der Waals surface area contributed by atoms with Crippen molar-refractivity contribution in [2.24, 2.45) is 0 Å². The zero-order chi connectivity index (χ0) is 7.40. The highest BCUT2D eigenvalue weighted by Crippen LogP contribution is 1.77. The Balaban J connectivity index is 2.80. The first kappa shape index (κ1) is 7.38. The molecule has 0 bridgehead atoms. The van der Waals surface area contributed by atoms with Crippen LogP contribution in [0.15, 0.2) is 24.3 Å². The summed E-state index contributed by atoms with van der Waals surface area (Å²) in [7, 11) is 2.03. The molecule has 48 valence electrons. The highest BCUT2D eigenvalue weighted by atomic mass is 16.2. The summed E-state index contributed by atoms with van der Waals surface area (Å²) in [5.41, 5.74) is 1.45. The lowest BCUT2D eigenvalue weighted by molar-refractivity contribution is 0.614. The molecule has 1 aromatic rings. The number of hydrogen-bond donors (Lipinski definition) is 2. The summed E-state index contributed by atoms with van der Waals surface area (Å²) in [6, 6.07) is 6.84. The minimum atomic E-state index is 0.727. The molecule has 0 aliphatic carbocycles. The van der Waals surface area contributed by atoms with Gasteiger partial charge in [0, 0.05) is 0 Å². The Bertz CT molecular complexity index is 174. The molecular weight excluding hydrogens is 126 g/mol. The zero-order valence-corrected chi connectivity index (χ0v) is 5.36. The van der Waals surface area contributed by atoms with E-state index in [2.05, 4.69) is 0 Å². The van der Waals surface area contributed by atoms with Crippen molar-refractivity contribution < 1.29 is 10.0 Å². The van der Waals surface area contributed by atoms with Crippen molar-refractivity contribution in [2.45, 2.75) is 0 Å². The molecule has 0 saturated heterocycles. The topological polar surface area (TPSA) is 40.5 Å². The number of hydrogen-bond acceptors (Lipinski definition) is 2. The maximum atomic E-state index is 8.50. The van der Waals surface area contributed by atoms with Crippen LogP contribution in [0.5, 0.6) is 0 Å². The summed E-state index contributed by atoms with van der Waals surface area (Å²) in [6.07, 6.45) is 0. The third-order valence-corrected chi connectivity index (χ3v) is 1.23. The normalized spacial score (nSPS) is 9.00. The van der Waals surface area contributed by atoms with Gasteiger partial charge in [-0.1, -0.05) is 35.2 Å². The minimum Gasteiger partial charge on any atom is -0.450 e. The first-order valence-corrected chi connectivity index (χ1v) is 2.92. The van der Waals surface area contributed by atoms with Gasteiger partial charge in [0.05, 0.1) is 0 Å². The quantitative estimate of drug-likeness (QED) is 0.464. The van der Waals surface area contributed by atoms with Crippen LogP contribution < -0.4 is 10.9 Å². The van der Waals surface area contributed by atoms with Crippen molar-refractivity contribution in [3.8, 4) is 0 Å². The van der Waals surface area contributed by atoms with Gasteiger partial charge in [0.15, 0.2) is 0 Å². The first-order chi connectivity index (χ1) is 4.86. The Labute approximate surface area is 61.1 Å². The second-order valence-corrected chi connectivity index (χ2v) is 1.92. The molecule has 0 atom stereocenters. The van der Waals surface area contributed by atoms with Crippen LogP contribution in [0.1, 0.15) is 0 Å². The lowest BCUT2D eigenvalue weighted by Gasteiger charge is -1.94. The second kappa shape index (κ2) is 3.44. The van der Waals surface area contributed by atoms with Crippen molar-refractivity contribution in [1.82, 2.24) is 0 Å². The predicted octanol–water partition coefficient (Wildman–Crippen LogP) is -1.84. The van der Waals surface area contributed by atoms with Gasteiger partial charge in [-0.2, -0.15) is 0 Å². The molecule has 0 unspecified atom stereocenters. The Morgan fingerprint density at radius 3 is 1.30 bits per heavy atom. The van der Waals surface area contributed by atoms with Crippen LogP contribution in [0.4, 0.5) is 0 Å². The third-order valence-electron chi connectivity index (χ3n) is 1.23. The predicted molar refractivity (Wildman–Crippen MR) is 41.7 cm³/mol. The molecule has 0 saturated carbocycles. The fraction of sp³-hybridized carbons (Fsp3) is 0.